The molecule has 1 atom stereocenters. The Morgan fingerprint density at radius 3 is 2.29 bits per heavy atom. The van der Waals surface area contributed by atoms with E-state index < -0.39 is 0 Å². The van der Waals surface area contributed by atoms with Gasteiger partial charge in [0, 0.05) is 17.2 Å². The summed E-state index contributed by atoms with van der Waals surface area (Å²) in [5, 5.41) is 0. The summed E-state index contributed by atoms with van der Waals surface area (Å²) in [6.45, 7) is 6.03. The molecule has 2 N–H and O–H groups in total. The second kappa shape index (κ2) is 4.27. The van der Waals surface area contributed by atoms with E-state index in [9.17, 15) is 4.79 Å². The van der Waals surface area contributed by atoms with Crippen molar-refractivity contribution in [3.8, 4) is 0 Å². The first-order valence-electron chi connectivity index (χ1n) is 4.92. The van der Waals surface area contributed by atoms with Gasteiger partial charge in [-0.25, -0.2) is 0 Å². The van der Waals surface area contributed by atoms with Crippen LogP contribution in [0, 0.1) is 11.8 Å². The summed E-state index contributed by atoms with van der Waals surface area (Å²) in [6, 6.07) is 7.24. The topological polar surface area (TPSA) is 43.1 Å². The molecule has 0 aliphatic rings. The highest BCUT2D eigenvalue weighted by Crippen LogP contribution is 2.20. The molecule has 14 heavy (non-hydrogen) atoms. The number of nitrogens with two attached hydrogens (primary N) is 1. The Hall–Kier alpha value is -1.31. The monoisotopic (exact) mass is 191 g/mol. The number of benzene rings is 1. The van der Waals surface area contributed by atoms with E-state index in [1.54, 1.807) is 12.1 Å². The lowest BCUT2D eigenvalue weighted by molar-refractivity contribution is 0.0900. The maximum Gasteiger partial charge on any atom is 0.167 e. The van der Waals surface area contributed by atoms with Crippen molar-refractivity contribution in [2.45, 2.75) is 20.8 Å². The second-order valence-electron chi connectivity index (χ2n) is 3.98. The van der Waals surface area contributed by atoms with Gasteiger partial charge >= 0.3 is 0 Å². The van der Waals surface area contributed by atoms with Gasteiger partial charge in [-0.2, -0.15) is 0 Å². The van der Waals surface area contributed by atoms with Crippen molar-refractivity contribution in [2.24, 2.45) is 11.8 Å². The van der Waals surface area contributed by atoms with Crippen LogP contribution in [0.4, 0.5) is 5.69 Å². The molecule has 1 aromatic carbocycles. The normalized spacial score (nSPS) is 12.9. The molecular formula is C12H17NO. The molecule has 0 fully saturated rings. The van der Waals surface area contributed by atoms with Gasteiger partial charge in [0.05, 0.1) is 0 Å². The van der Waals surface area contributed by atoms with E-state index in [1.165, 1.54) is 0 Å². The van der Waals surface area contributed by atoms with Gasteiger partial charge in [-0.15, -0.1) is 0 Å². The largest absolute Gasteiger partial charge is 0.398 e. The molecule has 1 rings (SSSR count). The third-order valence-electron chi connectivity index (χ3n) is 2.64. The maximum absolute atomic E-state index is 11.9. The fourth-order valence-electron chi connectivity index (χ4n) is 1.27. The highest BCUT2D eigenvalue weighted by atomic mass is 16.1. The average molecular weight is 191 g/mol. The van der Waals surface area contributed by atoms with Gasteiger partial charge in [0.15, 0.2) is 5.78 Å². The van der Waals surface area contributed by atoms with Gasteiger partial charge < -0.3 is 5.73 Å². The van der Waals surface area contributed by atoms with Crippen molar-refractivity contribution < 1.29 is 4.79 Å². The van der Waals surface area contributed by atoms with Gasteiger partial charge in [-0.1, -0.05) is 32.9 Å². The molecule has 0 bridgehead atoms. The minimum Gasteiger partial charge on any atom is -0.398 e. The molecule has 2 nitrogen and oxygen atoms in total. The summed E-state index contributed by atoms with van der Waals surface area (Å²) >= 11 is 0. The molecule has 0 radical (unpaired) electrons. The standard InChI is InChI=1S/C12H17NO/c1-8(2)9(3)12(14)10-6-4-5-7-11(10)13/h4-9H,13H2,1-3H3. The van der Waals surface area contributed by atoms with Crippen LogP contribution in [0.15, 0.2) is 24.3 Å². The van der Waals surface area contributed by atoms with Crippen molar-refractivity contribution in [3.63, 3.8) is 0 Å². The Morgan fingerprint density at radius 2 is 1.79 bits per heavy atom. The number of hydrogen-bond donors (Lipinski definition) is 1. The number of nitrogen functional groups attached to an aromatic ring is 1. The second-order valence-corrected chi connectivity index (χ2v) is 3.98. The first kappa shape index (κ1) is 10.8. The van der Waals surface area contributed by atoms with E-state index >= 15 is 0 Å². The molecule has 1 unspecified atom stereocenters. The van der Waals surface area contributed by atoms with Gasteiger partial charge in [0.2, 0.25) is 0 Å². The minimum absolute atomic E-state index is 0.0275. The average Bonchev–Trinajstić information content (AvgIpc) is 2.16. The highest BCUT2D eigenvalue weighted by molar-refractivity contribution is 6.02. The number of rotatable bonds is 3. The number of anilines is 1. The number of carbonyl (C=O) groups is 1. The summed E-state index contributed by atoms with van der Waals surface area (Å²) in [5.41, 5.74) is 6.96. The molecular weight excluding hydrogens is 174 g/mol. The fourth-order valence-corrected chi connectivity index (χ4v) is 1.27. The van der Waals surface area contributed by atoms with Crippen LogP contribution in [-0.2, 0) is 0 Å². The van der Waals surface area contributed by atoms with Crippen LogP contribution in [0.5, 0.6) is 0 Å². The van der Waals surface area contributed by atoms with Crippen LogP contribution in [0.25, 0.3) is 0 Å². The Labute approximate surface area is 85.1 Å². The van der Waals surface area contributed by atoms with E-state index in [4.69, 9.17) is 5.73 Å². The van der Waals surface area contributed by atoms with Crippen molar-refractivity contribution in [2.75, 3.05) is 5.73 Å². The summed E-state index contributed by atoms with van der Waals surface area (Å²) in [4.78, 5) is 11.9. The SMILES string of the molecule is CC(C)C(C)C(=O)c1ccccc1N. The predicted octanol–water partition coefficient (Wildman–Crippen LogP) is 2.74. The van der Waals surface area contributed by atoms with Gasteiger partial charge in [-0.3, -0.25) is 4.79 Å². The quantitative estimate of drug-likeness (QED) is 0.589. The van der Waals surface area contributed by atoms with Crippen molar-refractivity contribution in [3.05, 3.63) is 29.8 Å². The van der Waals surface area contributed by atoms with Crippen molar-refractivity contribution in [1.82, 2.24) is 0 Å². The molecule has 0 spiro atoms. The molecule has 0 aliphatic carbocycles. The molecule has 76 valence electrons. The number of para-hydroxylation sites is 1. The lowest BCUT2D eigenvalue weighted by Gasteiger charge is -2.15. The number of carbonyl (C=O) groups excluding carboxylic acids is 1. The Kier molecular flexibility index (Phi) is 3.28. The third-order valence-corrected chi connectivity index (χ3v) is 2.64. The van der Waals surface area contributed by atoms with Crippen molar-refractivity contribution >= 4 is 11.5 Å². The van der Waals surface area contributed by atoms with Gasteiger partial charge in [0.25, 0.3) is 0 Å². The van der Waals surface area contributed by atoms with Crippen LogP contribution in [0.1, 0.15) is 31.1 Å². The molecule has 2 heteroatoms. The van der Waals surface area contributed by atoms with Crippen LogP contribution < -0.4 is 5.73 Å². The van der Waals surface area contributed by atoms with Gasteiger partial charge in [0.1, 0.15) is 0 Å². The van der Waals surface area contributed by atoms with Crippen molar-refractivity contribution in [1.29, 1.82) is 0 Å². The summed E-state index contributed by atoms with van der Waals surface area (Å²) < 4.78 is 0. The van der Waals surface area contributed by atoms with Crippen LogP contribution in [-0.4, -0.2) is 5.78 Å². The zero-order valence-electron chi connectivity index (χ0n) is 8.95. The number of Topliss-reactive ketones (excluding diaryl/α,β-unsaturated/α-hetero) is 1. The summed E-state index contributed by atoms with van der Waals surface area (Å²) in [7, 11) is 0. The third kappa shape index (κ3) is 2.13. The lowest BCUT2D eigenvalue weighted by Crippen LogP contribution is -2.18. The summed E-state index contributed by atoms with van der Waals surface area (Å²) in [6.07, 6.45) is 0. The number of hydrogen-bond acceptors (Lipinski definition) is 2. The Bertz CT molecular complexity index is 331. The van der Waals surface area contributed by atoms with Crippen LogP contribution in [0.2, 0.25) is 0 Å². The summed E-state index contributed by atoms with van der Waals surface area (Å²) in [5.74, 6) is 0.514. The van der Waals surface area contributed by atoms with E-state index in [-0.39, 0.29) is 11.7 Å². The first-order valence-corrected chi connectivity index (χ1v) is 4.92. The van der Waals surface area contributed by atoms with Crippen LogP contribution in [0.3, 0.4) is 0 Å². The molecule has 0 heterocycles. The minimum atomic E-state index is 0.0275. The molecule has 0 saturated carbocycles. The zero-order chi connectivity index (χ0) is 10.7. The molecule has 0 amide bonds. The fraction of sp³-hybridized carbons (Fsp3) is 0.417. The Morgan fingerprint density at radius 1 is 1.21 bits per heavy atom. The van der Waals surface area contributed by atoms with E-state index in [1.807, 2.05) is 32.9 Å². The zero-order valence-corrected chi connectivity index (χ0v) is 8.95. The predicted molar refractivity (Wildman–Crippen MR) is 59.2 cm³/mol. The number of ketones is 1. The lowest BCUT2D eigenvalue weighted by atomic mass is 9.89. The van der Waals surface area contributed by atoms with E-state index in [0.29, 0.717) is 17.2 Å². The smallest absolute Gasteiger partial charge is 0.167 e. The van der Waals surface area contributed by atoms with Crippen LogP contribution >= 0.6 is 0 Å². The first-order chi connectivity index (χ1) is 6.54. The maximum atomic E-state index is 11.9. The molecule has 0 aromatic heterocycles. The van der Waals surface area contributed by atoms with Gasteiger partial charge in [-0.05, 0) is 18.1 Å². The molecule has 1 aromatic rings. The highest BCUT2D eigenvalue weighted by Gasteiger charge is 2.19. The Balaban J connectivity index is 2.95. The van der Waals surface area contributed by atoms with E-state index in [2.05, 4.69) is 0 Å². The van der Waals surface area contributed by atoms with E-state index in [0.717, 1.165) is 0 Å². The molecule has 0 saturated heterocycles. The molecule has 0 aliphatic heterocycles.